The van der Waals surface area contributed by atoms with Gasteiger partial charge in [0.25, 0.3) is 5.78 Å². The van der Waals surface area contributed by atoms with E-state index in [0.717, 1.165) is 0 Å². The molecule has 1 atom stereocenters. The summed E-state index contributed by atoms with van der Waals surface area (Å²) in [5.74, 6) is -2.01. The minimum atomic E-state index is -5.12. The van der Waals surface area contributed by atoms with Crippen LogP contribution in [0.15, 0.2) is 24.3 Å². The molecule has 1 aromatic carbocycles. The van der Waals surface area contributed by atoms with E-state index in [-0.39, 0.29) is 11.1 Å². The molecule has 0 saturated carbocycles. The zero-order valence-corrected chi connectivity index (χ0v) is 9.55. The summed E-state index contributed by atoms with van der Waals surface area (Å²) in [4.78, 5) is 26.2. The molecule has 18 heavy (non-hydrogen) atoms. The van der Waals surface area contributed by atoms with E-state index in [1.807, 2.05) is 0 Å². The van der Waals surface area contributed by atoms with Gasteiger partial charge in [-0.2, -0.15) is 4.79 Å². The average molecular weight is 265 g/mol. The first-order chi connectivity index (χ1) is 8.38. The second kappa shape index (κ2) is 3.95. The third kappa shape index (κ3) is 1.68. The topological polar surface area (TPSA) is 128 Å². The maximum absolute atomic E-state index is 11.9. The van der Waals surface area contributed by atoms with E-state index in [1.54, 1.807) is 0 Å². The fourth-order valence-electron chi connectivity index (χ4n) is 1.78. The van der Waals surface area contributed by atoms with Gasteiger partial charge in [0.2, 0.25) is 5.25 Å². The zero-order chi connectivity index (χ0) is 13.5. The van der Waals surface area contributed by atoms with Crippen molar-refractivity contribution in [1.82, 2.24) is 0 Å². The Hall–Kier alpha value is -2.15. The van der Waals surface area contributed by atoms with E-state index in [0.29, 0.717) is 0 Å². The molecule has 8 heteroatoms. The van der Waals surface area contributed by atoms with Crippen LogP contribution in [-0.2, 0) is 10.1 Å². The number of Topliss-reactive ketones (excluding diaryl/α,β-unsaturated/α-hetero) is 2. The van der Waals surface area contributed by atoms with Crippen LogP contribution in [0.25, 0.3) is 5.53 Å². The van der Waals surface area contributed by atoms with Crippen LogP contribution >= 0.6 is 0 Å². The number of hydrogen-bond donors (Lipinski definition) is 0. The Morgan fingerprint density at radius 1 is 1.17 bits per heavy atom. The van der Waals surface area contributed by atoms with Crippen LogP contribution in [0.4, 0.5) is 0 Å². The van der Waals surface area contributed by atoms with Gasteiger partial charge in [0.1, 0.15) is 10.1 Å². The number of ketones is 2. The molecule has 0 spiro atoms. The Balaban J connectivity index is 2.80. The molecule has 2 rings (SSSR count). The molecule has 0 heterocycles. The van der Waals surface area contributed by atoms with Crippen LogP contribution in [0.5, 0.6) is 0 Å². The molecule has 7 nitrogen and oxygen atoms in total. The fraction of sp³-hybridized carbons (Fsp3) is 0.100. The minimum absolute atomic E-state index is 0.0878. The minimum Gasteiger partial charge on any atom is -0.747 e. The monoisotopic (exact) mass is 265 g/mol. The van der Waals surface area contributed by atoms with Gasteiger partial charge in [-0.1, -0.05) is 24.3 Å². The van der Waals surface area contributed by atoms with E-state index in [4.69, 9.17) is 5.53 Å². The average Bonchev–Trinajstić information content (AvgIpc) is 2.32. The molecule has 1 aliphatic rings. The summed E-state index contributed by atoms with van der Waals surface area (Å²) in [5, 5.41) is -2.29. The van der Waals surface area contributed by atoms with Crippen LogP contribution < -0.4 is 0 Å². The maximum atomic E-state index is 11.9. The van der Waals surface area contributed by atoms with Crippen LogP contribution in [0.3, 0.4) is 0 Å². The predicted octanol–water partition coefficient (Wildman–Crippen LogP) is -0.350. The molecule has 1 unspecified atom stereocenters. The molecule has 92 valence electrons. The lowest BCUT2D eigenvalue weighted by molar-refractivity contribution is -0.00874. The Kier molecular flexibility index (Phi) is 2.70. The van der Waals surface area contributed by atoms with E-state index < -0.39 is 32.6 Å². The summed E-state index contributed by atoms with van der Waals surface area (Å²) in [6.45, 7) is 0. The highest BCUT2D eigenvalue weighted by Gasteiger charge is 2.48. The van der Waals surface area contributed by atoms with Crippen molar-refractivity contribution in [3.05, 3.63) is 40.9 Å². The number of hydrogen-bond acceptors (Lipinski definition) is 5. The van der Waals surface area contributed by atoms with Gasteiger partial charge in [-0.25, -0.2) is 8.42 Å². The SMILES string of the molecule is [N-]=[N+]=C1C(=O)c2ccccc2C(=O)C1S(=O)(=O)[O-]. The van der Waals surface area contributed by atoms with Gasteiger partial charge >= 0.3 is 5.71 Å². The lowest BCUT2D eigenvalue weighted by Crippen LogP contribution is -2.46. The Morgan fingerprint density at radius 2 is 1.72 bits per heavy atom. The molecule has 0 fully saturated rings. The molecule has 0 aliphatic heterocycles. The molecule has 0 saturated heterocycles. The summed E-state index contributed by atoms with van der Waals surface area (Å²) < 4.78 is 33.0. The molecular formula is C10H5N2O5S-. The van der Waals surface area contributed by atoms with Crippen molar-refractivity contribution in [3.63, 3.8) is 0 Å². The third-order valence-electron chi connectivity index (χ3n) is 2.55. The van der Waals surface area contributed by atoms with Gasteiger partial charge in [0.15, 0.2) is 5.78 Å². The smallest absolute Gasteiger partial charge is 0.364 e. The highest BCUT2D eigenvalue weighted by atomic mass is 32.2. The van der Waals surface area contributed by atoms with Gasteiger partial charge in [0, 0.05) is 11.1 Å². The zero-order valence-electron chi connectivity index (χ0n) is 8.73. The number of rotatable bonds is 1. The van der Waals surface area contributed by atoms with E-state index in [2.05, 4.69) is 4.79 Å². The van der Waals surface area contributed by atoms with Crippen molar-refractivity contribution in [1.29, 1.82) is 0 Å². The summed E-state index contributed by atoms with van der Waals surface area (Å²) in [5.41, 5.74) is 7.43. The van der Waals surface area contributed by atoms with Crippen LogP contribution in [0, 0.1) is 0 Å². The van der Waals surface area contributed by atoms with Crippen molar-refractivity contribution in [2.45, 2.75) is 5.25 Å². The molecule has 1 aromatic rings. The van der Waals surface area contributed by atoms with Crippen molar-refractivity contribution in [3.8, 4) is 0 Å². The molecule has 0 amide bonds. The Bertz CT molecular complexity index is 716. The van der Waals surface area contributed by atoms with Crippen molar-refractivity contribution in [2.24, 2.45) is 0 Å². The number of carbonyl (C=O) groups is 2. The number of benzene rings is 1. The summed E-state index contributed by atoms with van der Waals surface area (Å²) in [7, 11) is -5.12. The van der Waals surface area contributed by atoms with Gasteiger partial charge in [-0.15, -0.1) is 0 Å². The second-order valence-electron chi connectivity index (χ2n) is 3.60. The van der Waals surface area contributed by atoms with Crippen LogP contribution in [0.1, 0.15) is 20.7 Å². The molecule has 0 N–H and O–H groups in total. The maximum Gasteiger partial charge on any atom is 0.364 e. The lowest BCUT2D eigenvalue weighted by atomic mass is 9.88. The number of carbonyl (C=O) groups excluding carboxylic acids is 2. The van der Waals surface area contributed by atoms with Crippen molar-refractivity contribution < 1.29 is 27.3 Å². The van der Waals surface area contributed by atoms with Gasteiger partial charge in [0.05, 0.1) is 0 Å². The highest BCUT2D eigenvalue weighted by molar-refractivity contribution is 7.88. The quantitative estimate of drug-likeness (QED) is 0.389. The molecular weight excluding hydrogens is 260 g/mol. The first kappa shape index (κ1) is 12.3. The van der Waals surface area contributed by atoms with E-state index in [9.17, 15) is 22.6 Å². The number of nitrogens with zero attached hydrogens (tertiary/aromatic N) is 2. The van der Waals surface area contributed by atoms with E-state index in [1.165, 1.54) is 24.3 Å². The summed E-state index contributed by atoms with van der Waals surface area (Å²) >= 11 is 0. The standard InChI is InChI=1S/C10H6N2O5S/c11-12-7-8(13)5-3-1-2-4-6(5)9(14)10(7)18(15,16)17/h1-4,10H,(H,15,16,17)/p-1. The first-order valence-electron chi connectivity index (χ1n) is 4.72. The van der Waals surface area contributed by atoms with Crippen molar-refractivity contribution >= 4 is 27.4 Å². The predicted molar refractivity (Wildman–Crippen MR) is 57.2 cm³/mol. The molecule has 1 aliphatic carbocycles. The van der Waals surface area contributed by atoms with Crippen LogP contribution in [0.2, 0.25) is 0 Å². The molecule has 0 bridgehead atoms. The van der Waals surface area contributed by atoms with Gasteiger partial charge in [-0.3, -0.25) is 9.59 Å². The first-order valence-corrected chi connectivity index (χ1v) is 6.19. The summed E-state index contributed by atoms with van der Waals surface area (Å²) in [6.07, 6.45) is 0. The van der Waals surface area contributed by atoms with E-state index >= 15 is 0 Å². The van der Waals surface area contributed by atoms with Crippen LogP contribution in [-0.4, -0.2) is 40.3 Å². The van der Waals surface area contributed by atoms with Gasteiger partial charge in [-0.05, 0) is 0 Å². The fourth-order valence-corrected chi connectivity index (χ4v) is 2.60. The summed E-state index contributed by atoms with van der Waals surface area (Å²) in [6, 6.07) is 5.42. The Morgan fingerprint density at radius 3 is 2.22 bits per heavy atom. The largest absolute Gasteiger partial charge is 0.747 e. The third-order valence-corrected chi connectivity index (χ3v) is 3.57. The molecule has 0 radical (unpaired) electrons. The Labute approximate surface area is 101 Å². The lowest BCUT2D eigenvalue weighted by Gasteiger charge is -2.20. The normalized spacial score (nSPS) is 19.4. The molecule has 0 aromatic heterocycles. The number of fused-ring (bicyclic) bond motifs is 1. The highest BCUT2D eigenvalue weighted by Crippen LogP contribution is 2.22. The van der Waals surface area contributed by atoms with Gasteiger partial charge < -0.3 is 10.1 Å². The van der Waals surface area contributed by atoms with Crippen molar-refractivity contribution in [2.75, 3.05) is 0 Å². The second-order valence-corrected chi connectivity index (χ2v) is 5.05.